The van der Waals surface area contributed by atoms with E-state index in [1.165, 1.54) is 11.1 Å². The molecule has 0 aliphatic carbocycles. The van der Waals surface area contributed by atoms with Crippen LogP contribution < -0.4 is 9.80 Å². The summed E-state index contributed by atoms with van der Waals surface area (Å²) in [6.07, 6.45) is 0. The molecule has 0 aliphatic rings. The fraction of sp³-hybridized carbons (Fsp3) is 0.114. The van der Waals surface area contributed by atoms with Crippen molar-refractivity contribution in [3.63, 3.8) is 0 Å². The highest BCUT2D eigenvalue weighted by Crippen LogP contribution is 2.48. The Bertz CT molecular complexity index is 4850. The van der Waals surface area contributed by atoms with Gasteiger partial charge in [-0.05, 0) is 129 Å². The summed E-state index contributed by atoms with van der Waals surface area (Å²) < 4.78 is 27.6. The van der Waals surface area contributed by atoms with Gasteiger partial charge in [-0.25, -0.2) is 0 Å². The highest BCUT2D eigenvalue weighted by atomic mass is 16.3. The topological polar surface area (TPSA) is 59.0 Å². The zero-order chi connectivity index (χ0) is 51.2. The van der Waals surface area contributed by atoms with E-state index < -0.39 is 0 Å². The molecule has 0 amide bonds. The third-order valence-corrected chi connectivity index (χ3v) is 15.6. The van der Waals surface area contributed by atoms with E-state index in [9.17, 15) is 0 Å². The number of rotatable bonds is 6. The largest absolute Gasteiger partial charge is 0.456 e. The quantitative estimate of drug-likeness (QED) is 0.165. The molecule has 11 aromatic carbocycles. The Balaban J connectivity index is 0.850. The second-order valence-corrected chi connectivity index (χ2v) is 22.5. The number of furan rings is 4. The summed E-state index contributed by atoms with van der Waals surface area (Å²) in [5, 5.41) is 12.9. The predicted octanol–water partition coefficient (Wildman–Crippen LogP) is 21.1. The Hall–Kier alpha value is -9.26. The van der Waals surface area contributed by atoms with Crippen LogP contribution in [0.25, 0.3) is 109 Å². The van der Waals surface area contributed by atoms with Crippen LogP contribution in [0.3, 0.4) is 0 Å². The van der Waals surface area contributed by atoms with Crippen LogP contribution in [0.5, 0.6) is 0 Å². The molecule has 0 spiro atoms. The lowest BCUT2D eigenvalue weighted by Gasteiger charge is -2.25. The summed E-state index contributed by atoms with van der Waals surface area (Å²) in [5.74, 6) is 0. The van der Waals surface area contributed by atoms with Gasteiger partial charge in [0, 0.05) is 71.6 Å². The molecule has 0 unspecified atom stereocenters. The molecule has 0 bridgehead atoms. The number of para-hydroxylation sites is 6. The average Bonchev–Trinajstić information content (AvgIpc) is 4.21. The van der Waals surface area contributed by atoms with Crippen molar-refractivity contribution in [3.05, 3.63) is 217 Å². The zero-order valence-corrected chi connectivity index (χ0v) is 43.2. The molecule has 15 rings (SSSR count). The van der Waals surface area contributed by atoms with Crippen LogP contribution in [0.2, 0.25) is 0 Å². The highest BCUT2D eigenvalue weighted by Gasteiger charge is 2.27. The molecule has 76 heavy (non-hydrogen) atoms. The number of hydrogen-bond donors (Lipinski definition) is 0. The first-order valence-electron chi connectivity index (χ1n) is 26.2. The van der Waals surface area contributed by atoms with Crippen LogP contribution in [0.1, 0.15) is 52.7 Å². The molecule has 0 N–H and O–H groups in total. The molecule has 0 saturated carbocycles. The molecule has 0 radical (unpaired) electrons. The molecule has 6 nitrogen and oxygen atoms in total. The fourth-order valence-electron chi connectivity index (χ4n) is 12.0. The van der Waals surface area contributed by atoms with Gasteiger partial charge >= 0.3 is 0 Å². The van der Waals surface area contributed by atoms with Crippen molar-refractivity contribution in [2.24, 2.45) is 0 Å². The van der Waals surface area contributed by atoms with Crippen molar-refractivity contribution in [1.82, 2.24) is 0 Å². The molecular weight excluding hydrogens is 933 g/mol. The van der Waals surface area contributed by atoms with E-state index in [-0.39, 0.29) is 10.8 Å². The summed E-state index contributed by atoms with van der Waals surface area (Å²) >= 11 is 0. The number of benzene rings is 11. The molecule has 4 heterocycles. The van der Waals surface area contributed by atoms with E-state index in [0.717, 1.165) is 143 Å². The van der Waals surface area contributed by atoms with Crippen molar-refractivity contribution in [1.29, 1.82) is 0 Å². The minimum Gasteiger partial charge on any atom is -0.456 e. The number of hydrogen-bond acceptors (Lipinski definition) is 6. The second kappa shape index (κ2) is 16.1. The second-order valence-electron chi connectivity index (χ2n) is 22.5. The van der Waals surface area contributed by atoms with E-state index in [4.69, 9.17) is 17.7 Å². The summed E-state index contributed by atoms with van der Waals surface area (Å²) in [7, 11) is 0. The maximum Gasteiger partial charge on any atom is 0.159 e. The number of fused-ring (bicyclic) bond motifs is 15. The van der Waals surface area contributed by atoms with E-state index >= 15 is 0 Å². The molecule has 6 heteroatoms. The number of nitrogens with zero attached hydrogens (tertiary/aromatic N) is 2. The lowest BCUT2D eigenvalue weighted by molar-refractivity contribution is 0.572. The monoisotopic (exact) mass is 984 g/mol. The average molecular weight is 985 g/mol. The fourth-order valence-corrected chi connectivity index (χ4v) is 12.0. The van der Waals surface area contributed by atoms with Gasteiger partial charge in [-0.1, -0.05) is 151 Å². The van der Waals surface area contributed by atoms with Gasteiger partial charge in [0.2, 0.25) is 0 Å². The first-order chi connectivity index (χ1) is 36.9. The lowest BCUT2D eigenvalue weighted by Crippen LogP contribution is -2.11. The van der Waals surface area contributed by atoms with Crippen LogP contribution in [0.4, 0.5) is 34.1 Å². The zero-order valence-electron chi connectivity index (χ0n) is 43.2. The maximum atomic E-state index is 6.98. The third-order valence-electron chi connectivity index (χ3n) is 15.6. The van der Waals surface area contributed by atoms with Gasteiger partial charge in [0.1, 0.15) is 33.5 Å². The van der Waals surface area contributed by atoms with Gasteiger partial charge in [-0.3, -0.25) is 0 Å². The molecule has 366 valence electrons. The van der Waals surface area contributed by atoms with Gasteiger partial charge in [0.05, 0.1) is 16.8 Å². The van der Waals surface area contributed by atoms with Crippen molar-refractivity contribution in [2.75, 3.05) is 9.80 Å². The van der Waals surface area contributed by atoms with Gasteiger partial charge in [0.15, 0.2) is 11.2 Å². The first-order valence-corrected chi connectivity index (χ1v) is 26.2. The number of anilines is 6. The Morgan fingerprint density at radius 1 is 0.276 bits per heavy atom. The van der Waals surface area contributed by atoms with Crippen LogP contribution >= 0.6 is 0 Å². The van der Waals surface area contributed by atoms with E-state index in [0.29, 0.717) is 0 Å². The van der Waals surface area contributed by atoms with Crippen LogP contribution in [0, 0.1) is 0 Å². The van der Waals surface area contributed by atoms with Crippen LogP contribution in [-0.2, 0) is 10.8 Å². The molecular formula is C70H52N2O4. The van der Waals surface area contributed by atoms with Crippen molar-refractivity contribution < 1.29 is 17.7 Å². The van der Waals surface area contributed by atoms with Crippen LogP contribution in [0.15, 0.2) is 224 Å². The Labute approximate surface area is 438 Å². The molecule has 0 aliphatic heterocycles. The summed E-state index contributed by atoms with van der Waals surface area (Å²) in [4.78, 5) is 4.61. The summed E-state index contributed by atoms with van der Waals surface area (Å²) in [5.41, 5.74) is 15.1. The summed E-state index contributed by atoms with van der Waals surface area (Å²) in [6, 6.07) is 73.5. The molecule has 0 saturated heterocycles. The standard InChI is InChI=1S/C70H52N2O4/c1-69(2,3)56-25-13-21-49-51-23-15-27-58(66(51)75-64(49)56)71(45-17-9-7-10-18-45)47-31-29-41-37-54-53-33-34-60-63(68(53)74-61(54)39-43(41)35-47)55-38-42-30-32-48(36-44(42)40-62(55)73-60)72(46-19-11-8-12-20-46)59-28-16-24-52-50-22-14-26-57(70(4,5)6)65(50)76-67(52)59/h7-40H,1-6H3. The Morgan fingerprint density at radius 2 is 0.724 bits per heavy atom. The van der Waals surface area contributed by atoms with Crippen molar-refractivity contribution >= 4 is 143 Å². The Kier molecular flexibility index (Phi) is 9.38. The third kappa shape index (κ3) is 6.73. The first kappa shape index (κ1) is 44.2. The highest BCUT2D eigenvalue weighted by molar-refractivity contribution is 6.24. The molecule has 0 fully saturated rings. The van der Waals surface area contributed by atoms with E-state index in [1.54, 1.807) is 0 Å². The normalized spacial score (nSPS) is 12.6. The summed E-state index contributed by atoms with van der Waals surface area (Å²) in [6.45, 7) is 13.4. The molecule has 0 atom stereocenters. The minimum absolute atomic E-state index is 0.0822. The van der Waals surface area contributed by atoms with Gasteiger partial charge in [-0.2, -0.15) is 0 Å². The van der Waals surface area contributed by atoms with E-state index in [1.807, 2.05) is 0 Å². The van der Waals surface area contributed by atoms with Crippen LogP contribution in [-0.4, -0.2) is 0 Å². The Morgan fingerprint density at radius 3 is 1.22 bits per heavy atom. The molecule has 4 aromatic heterocycles. The van der Waals surface area contributed by atoms with Crippen molar-refractivity contribution in [3.8, 4) is 0 Å². The van der Waals surface area contributed by atoms with Gasteiger partial charge in [0.25, 0.3) is 0 Å². The minimum atomic E-state index is -0.0822. The van der Waals surface area contributed by atoms with Gasteiger partial charge < -0.3 is 27.5 Å². The maximum absolute atomic E-state index is 6.98. The van der Waals surface area contributed by atoms with Crippen molar-refractivity contribution in [2.45, 2.75) is 52.4 Å². The van der Waals surface area contributed by atoms with Gasteiger partial charge in [-0.15, -0.1) is 0 Å². The lowest BCUT2D eigenvalue weighted by atomic mass is 9.86. The molecule has 15 aromatic rings. The SMILES string of the molecule is CC(C)(C)c1cccc2c1oc1c(N(c3ccccc3)c3ccc4cc5c(cc4c3)oc3c5ccc4oc5cc6cc(N(c7ccccc7)c7cccc8c7oc7c(C(C)(C)C)cccc78)ccc6cc5c43)cccc12. The van der Waals surface area contributed by atoms with E-state index in [2.05, 4.69) is 258 Å². The smallest absolute Gasteiger partial charge is 0.159 e. The predicted molar refractivity (Wildman–Crippen MR) is 317 cm³/mol.